The molecule has 0 aromatic heterocycles. The van der Waals surface area contributed by atoms with Crippen LogP contribution in [-0.2, 0) is 11.4 Å². The number of aliphatic imine (C=N–C) groups is 1. The van der Waals surface area contributed by atoms with E-state index in [1.165, 1.54) is 0 Å². The molecule has 1 amide bonds. The Morgan fingerprint density at radius 3 is 2.50 bits per heavy atom. The molecule has 0 radical (unpaired) electrons. The molecule has 2 heterocycles. The zero-order chi connectivity index (χ0) is 19.3. The maximum Gasteiger partial charge on any atom is 0.276 e. The van der Waals surface area contributed by atoms with Crippen LogP contribution in [0.5, 0.6) is 5.75 Å². The number of nitrogens with zero attached hydrogens (tertiary/aromatic N) is 2. The number of hydrogen-bond donors (Lipinski definition) is 2. The number of ether oxygens (including phenoxy) is 1. The Morgan fingerprint density at radius 2 is 1.79 bits per heavy atom. The molecule has 0 bridgehead atoms. The molecule has 0 unspecified atom stereocenters. The van der Waals surface area contributed by atoms with E-state index in [-0.39, 0.29) is 5.91 Å². The van der Waals surface area contributed by atoms with Gasteiger partial charge in [0.05, 0.1) is 0 Å². The van der Waals surface area contributed by atoms with Gasteiger partial charge in [-0.05, 0) is 41.5 Å². The third-order valence-corrected chi connectivity index (χ3v) is 4.86. The van der Waals surface area contributed by atoms with Crippen LogP contribution in [0.25, 0.3) is 6.08 Å². The Bertz CT molecular complexity index is 901. The summed E-state index contributed by atoms with van der Waals surface area (Å²) >= 11 is 5.89. The molecule has 28 heavy (non-hydrogen) atoms. The first-order valence-electron chi connectivity index (χ1n) is 9.22. The monoisotopic (exact) mass is 396 g/mol. The Balaban J connectivity index is 1.39. The maximum absolute atomic E-state index is 12.2. The Kier molecular flexibility index (Phi) is 5.60. The lowest BCUT2D eigenvalue weighted by atomic mass is 10.2. The normalized spacial score (nSPS) is 18.2. The lowest BCUT2D eigenvalue weighted by molar-refractivity contribution is -0.115. The van der Waals surface area contributed by atoms with Gasteiger partial charge in [-0.25, -0.2) is 4.99 Å². The molecule has 0 atom stereocenters. The summed E-state index contributed by atoms with van der Waals surface area (Å²) in [6.07, 6.45) is 1.79. The SMILES string of the molecule is O=C1NC(N2CCNCC2)=N/C1=C\c1ccc(OCc2ccc(Cl)cc2)cc1. The van der Waals surface area contributed by atoms with Crippen LogP contribution in [-0.4, -0.2) is 42.9 Å². The molecule has 2 aromatic carbocycles. The van der Waals surface area contributed by atoms with Crippen LogP contribution in [0.15, 0.2) is 59.2 Å². The predicted molar refractivity (Wildman–Crippen MR) is 110 cm³/mol. The van der Waals surface area contributed by atoms with Crippen molar-refractivity contribution in [2.24, 2.45) is 4.99 Å². The van der Waals surface area contributed by atoms with Gasteiger partial charge in [-0.3, -0.25) is 10.1 Å². The first-order chi connectivity index (χ1) is 13.7. The molecule has 0 saturated carbocycles. The Labute approximate surface area is 168 Å². The quantitative estimate of drug-likeness (QED) is 0.780. The second-order valence-corrected chi connectivity index (χ2v) is 7.08. The predicted octanol–water partition coefficient (Wildman–Crippen LogP) is 2.65. The van der Waals surface area contributed by atoms with Crippen LogP contribution in [0.3, 0.4) is 0 Å². The molecule has 2 aliphatic heterocycles. The summed E-state index contributed by atoms with van der Waals surface area (Å²) in [6, 6.07) is 15.2. The van der Waals surface area contributed by atoms with Crippen molar-refractivity contribution >= 4 is 29.5 Å². The number of halogens is 1. The van der Waals surface area contributed by atoms with E-state index in [1.54, 1.807) is 6.08 Å². The summed E-state index contributed by atoms with van der Waals surface area (Å²) in [7, 11) is 0. The summed E-state index contributed by atoms with van der Waals surface area (Å²) in [5.41, 5.74) is 2.37. The van der Waals surface area contributed by atoms with Crippen molar-refractivity contribution in [1.29, 1.82) is 0 Å². The van der Waals surface area contributed by atoms with Crippen LogP contribution in [0.2, 0.25) is 5.02 Å². The molecule has 1 saturated heterocycles. The minimum absolute atomic E-state index is 0.170. The van der Waals surface area contributed by atoms with Crippen molar-refractivity contribution in [3.63, 3.8) is 0 Å². The van der Waals surface area contributed by atoms with Crippen molar-refractivity contribution in [2.45, 2.75) is 6.61 Å². The highest BCUT2D eigenvalue weighted by atomic mass is 35.5. The summed E-state index contributed by atoms with van der Waals surface area (Å²) in [5, 5.41) is 6.85. The lowest BCUT2D eigenvalue weighted by Crippen LogP contribution is -2.50. The fraction of sp³-hybridized carbons (Fsp3) is 0.238. The van der Waals surface area contributed by atoms with Crippen molar-refractivity contribution in [3.8, 4) is 5.75 Å². The maximum atomic E-state index is 12.2. The highest BCUT2D eigenvalue weighted by molar-refractivity contribution is 6.30. The molecule has 0 aliphatic carbocycles. The minimum atomic E-state index is -0.170. The minimum Gasteiger partial charge on any atom is -0.489 e. The van der Waals surface area contributed by atoms with Crippen LogP contribution in [0.1, 0.15) is 11.1 Å². The smallest absolute Gasteiger partial charge is 0.276 e. The number of guanidine groups is 1. The molecular formula is C21H21ClN4O2. The van der Waals surface area contributed by atoms with Gasteiger partial charge in [0.1, 0.15) is 18.1 Å². The summed E-state index contributed by atoms with van der Waals surface area (Å²) in [6.45, 7) is 3.94. The van der Waals surface area contributed by atoms with Gasteiger partial charge in [0.25, 0.3) is 5.91 Å². The summed E-state index contributed by atoms with van der Waals surface area (Å²) in [4.78, 5) is 18.8. The van der Waals surface area contributed by atoms with E-state index in [0.29, 0.717) is 23.3 Å². The second-order valence-electron chi connectivity index (χ2n) is 6.64. The number of nitrogens with one attached hydrogen (secondary N) is 2. The fourth-order valence-electron chi connectivity index (χ4n) is 3.05. The van der Waals surface area contributed by atoms with E-state index in [9.17, 15) is 4.79 Å². The average molecular weight is 397 g/mol. The van der Waals surface area contributed by atoms with Gasteiger partial charge >= 0.3 is 0 Å². The molecule has 7 heteroatoms. The first kappa shape index (κ1) is 18.5. The standard InChI is InChI=1S/C21H21ClN4O2/c22-17-5-1-16(2-6-17)14-28-18-7-3-15(4-8-18)13-19-20(27)25-21(24-19)26-11-9-23-10-12-26/h1-8,13,23H,9-12,14H2,(H,24,25,27)/b19-13-. The van der Waals surface area contributed by atoms with E-state index in [4.69, 9.17) is 16.3 Å². The Morgan fingerprint density at radius 1 is 1.07 bits per heavy atom. The van der Waals surface area contributed by atoms with E-state index in [0.717, 1.165) is 43.1 Å². The number of carbonyl (C=O) groups is 1. The number of benzene rings is 2. The third-order valence-electron chi connectivity index (χ3n) is 4.60. The zero-order valence-corrected chi connectivity index (χ0v) is 16.1. The molecule has 4 rings (SSSR count). The molecule has 144 valence electrons. The van der Waals surface area contributed by atoms with Crippen molar-refractivity contribution in [3.05, 3.63) is 70.4 Å². The molecule has 0 spiro atoms. The van der Waals surface area contributed by atoms with Crippen LogP contribution < -0.4 is 15.4 Å². The van der Waals surface area contributed by atoms with E-state index >= 15 is 0 Å². The topological polar surface area (TPSA) is 66.0 Å². The highest BCUT2D eigenvalue weighted by Crippen LogP contribution is 2.19. The third kappa shape index (κ3) is 4.52. The summed E-state index contributed by atoms with van der Waals surface area (Å²) < 4.78 is 5.79. The second kappa shape index (κ2) is 8.46. The van der Waals surface area contributed by atoms with Gasteiger partial charge < -0.3 is 15.0 Å². The number of carbonyl (C=O) groups excluding carboxylic acids is 1. The molecule has 6 nitrogen and oxygen atoms in total. The van der Waals surface area contributed by atoms with Gasteiger partial charge in [-0.1, -0.05) is 35.9 Å². The zero-order valence-electron chi connectivity index (χ0n) is 15.3. The molecule has 2 N–H and O–H groups in total. The number of hydrogen-bond acceptors (Lipinski definition) is 5. The Hall–Kier alpha value is -2.83. The van der Waals surface area contributed by atoms with Gasteiger partial charge in [0.15, 0.2) is 0 Å². The van der Waals surface area contributed by atoms with Gasteiger partial charge in [-0.15, -0.1) is 0 Å². The van der Waals surface area contributed by atoms with Crippen LogP contribution >= 0.6 is 11.6 Å². The molecule has 1 fully saturated rings. The van der Waals surface area contributed by atoms with E-state index in [2.05, 4.69) is 20.5 Å². The number of piperazine rings is 1. The van der Waals surface area contributed by atoms with Crippen molar-refractivity contribution < 1.29 is 9.53 Å². The van der Waals surface area contributed by atoms with E-state index < -0.39 is 0 Å². The van der Waals surface area contributed by atoms with Crippen molar-refractivity contribution in [2.75, 3.05) is 26.2 Å². The van der Waals surface area contributed by atoms with Gasteiger partial charge in [0.2, 0.25) is 5.96 Å². The lowest BCUT2D eigenvalue weighted by Gasteiger charge is -2.28. The van der Waals surface area contributed by atoms with Crippen LogP contribution in [0, 0.1) is 0 Å². The van der Waals surface area contributed by atoms with Gasteiger partial charge in [0, 0.05) is 31.2 Å². The van der Waals surface area contributed by atoms with Gasteiger partial charge in [-0.2, -0.15) is 0 Å². The largest absolute Gasteiger partial charge is 0.489 e. The number of amides is 1. The number of rotatable bonds is 4. The highest BCUT2D eigenvalue weighted by Gasteiger charge is 2.25. The van der Waals surface area contributed by atoms with E-state index in [1.807, 2.05) is 48.5 Å². The van der Waals surface area contributed by atoms with Crippen molar-refractivity contribution in [1.82, 2.24) is 15.5 Å². The molecular weight excluding hydrogens is 376 g/mol. The average Bonchev–Trinajstić information content (AvgIpc) is 3.10. The first-order valence-corrected chi connectivity index (χ1v) is 9.60. The fourth-order valence-corrected chi connectivity index (χ4v) is 3.17. The molecule has 2 aliphatic rings. The molecule has 2 aromatic rings. The van der Waals surface area contributed by atoms with Crippen LogP contribution in [0.4, 0.5) is 0 Å². The summed E-state index contributed by atoms with van der Waals surface area (Å²) in [5.74, 6) is 1.23.